The Morgan fingerprint density at radius 2 is 2.06 bits per heavy atom. The molecule has 0 amide bonds. The highest BCUT2D eigenvalue weighted by molar-refractivity contribution is 7.99. The fourth-order valence-electron chi connectivity index (χ4n) is 1.63. The molecular weight excluding hydrogens is 250 g/mol. The third-order valence-corrected chi connectivity index (χ3v) is 2.97. The number of hydrogen-bond acceptors (Lipinski definition) is 5. The molecule has 0 bridgehead atoms. The molecule has 1 rings (SSSR count). The number of rotatable bonds is 6. The van der Waals surface area contributed by atoms with Gasteiger partial charge in [-0.15, -0.1) is 0 Å². The standard InChI is InChI=1S/C12H19N3O2S/c1-16-10-5-4-9(15-11(14)7-18-3)12(17-2)8(10)6-13/h4-5H,6-7,13H2,1-3H3,(H2,14,15). The van der Waals surface area contributed by atoms with Gasteiger partial charge in [0.2, 0.25) is 0 Å². The van der Waals surface area contributed by atoms with E-state index < -0.39 is 0 Å². The van der Waals surface area contributed by atoms with Gasteiger partial charge in [0.1, 0.15) is 17.3 Å². The van der Waals surface area contributed by atoms with Crippen molar-refractivity contribution < 1.29 is 9.47 Å². The van der Waals surface area contributed by atoms with Gasteiger partial charge in [-0.2, -0.15) is 11.8 Å². The number of benzene rings is 1. The van der Waals surface area contributed by atoms with Crippen LogP contribution < -0.4 is 20.9 Å². The fourth-order valence-corrected chi connectivity index (χ4v) is 1.99. The van der Waals surface area contributed by atoms with Crippen LogP contribution in [0.1, 0.15) is 5.56 Å². The van der Waals surface area contributed by atoms with Gasteiger partial charge in [-0.1, -0.05) is 0 Å². The molecule has 0 atom stereocenters. The first-order valence-corrected chi connectivity index (χ1v) is 6.83. The Hall–Kier alpha value is -1.40. The molecule has 0 saturated carbocycles. The van der Waals surface area contributed by atoms with E-state index >= 15 is 0 Å². The van der Waals surface area contributed by atoms with E-state index in [0.29, 0.717) is 35.3 Å². The molecule has 4 N–H and O–H groups in total. The van der Waals surface area contributed by atoms with Crippen LogP contribution in [0.2, 0.25) is 0 Å². The van der Waals surface area contributed by atoms with Crippen molar-refractivity contribution in [1.82, 2.24) is 0 Å². The Balaban J connectivity index is 3.24. The first-order chi connectivity index (χ1) is 8.67. The minimum absolute atomic E-state index is 0.318. The summed E-state index contributed by atoms with van der Waals surface area (Å²) in [6.45, 7) is 0.318. The summed E-state index contributed by atoms with van der Waals surface area (Å²) in [5.41, 5.74) is 13.0. The van der Waals surface area contributed by atoms with Gasteiger partial charge < -0.3 is 20.9 Å². The third kappa shape index (κ3) is 3.30. The molecule has 0 aliphatic heterocycles. The topological polar surface area (TPSA) is 82.9 Å². The van der Waals surface area contributed by atoms with Crippen molar-refractivity contribution in [2.24, 2.45) is 16.5 Å². The highest BCUT2D eigenvalue weighted by Gasteiger charge is 2.13. The maximum Gasteiger partial charge on any atom is 0.152 e. The van der Waals surface area contributed by atoms with Gasteiger partial charge in [0.05, 0.1) is 25.5 Å². The molecule has 1 aromatic rings. The number of nitrogens with two attached hydrogens (primary N) is 2. The SMILES string of the molecule is COc1ccc(N=C(N)CSC)c(OC)c1CN. The van der Waals surface area contributed by atoms with Crippen LogP contribution in [0, 0.1) is 0 Å². The Morgan fingerprint density at radius 3 is 2.56 bits per heavy atom. The van der Waals surface area contributed by atoms with Crippen LogP contribution >= 0.6 is 11.8 Å². The summed E-state index contributed by atoms with van der Waals surface area (Å²) < 4.78 is 10.6. The molecule has 0 unspecified atom stereocenters. The lowest BCUT2D eigenvalue weighted by Gasteiger charge is -2.14. The maximum absolute atomic E-state index is 5.81. The van der Waals surface area contributed by atoms with Crippen molar-refractivity contribution in [2.45, 2.75) is 6.54 Å². The van der Waals surface area contributed by atoms with Crippen molar-refractivity contribution in [3.63, 3.8) is 0 Å². The van der Waals surface area contributed by atoms with Crippen molar-refractivity contribution in [3.8, 4) is 11.5 Å². The summed E-state index contributed by atoms with van der Waals surface area (Å²) >= 11 is 1.61. The lowest BCUT2D eigenvalue weighted by atomic mass is 10.1. The molecule has 0 saturated heterocycles. The molecular formula is C12H19N3O2S. The summed E-state index contributed by atoms with van der Waals surface area (Å²) in [7, 11) is 3.18. The second kappa shape index (κ2) is 7.13. The van der Waals surface area contributed by atoms with Crippen LogP contribution in [0.5, 0.6) is 11.5 Å². The molecule has 0 aromatic heterocycles. The quantitative estimate of drug-likeness (QED) is 0.604. The molecule has 18 heavy (non-hydrogen) atoms. The van der Waals surface area contributed by atoms with Crippen LogP contribution in [0.3, 0.4) is 0 Å². The number of aliphatic imine (C=N–C) groups is 1. The Kier molecular flexibility index (Phi) is 5.80. The van der Waals surface area contributed by atoms with E-state index in [1.54, 1.807) is 26.0 Å². The number of thioether (sulfide) groups is 1. The highest BCUT2D eigenvalue weighted by atomic mass is 32.2. The molecule has 0 radical (unpaired) electrons. The summed E-state index contributed by atoms with van der Waals surface area (Å²) in [5.74, 6) is 2.53. The summed E-state index contributed by atoms with van der Waals surface area (Å²) in [4.78, 5) is 4.34. The summed E-state index contributed by atoms with van der Waals surface area (Å²) in [6, 6.07) is 3.62. The van der Waals surface area contributed by atoms with Crippen molar-refractivity contribution >= 4 is 23.3 Å². The van der Waals surface area contributed by atoms with E-state index in [2.05, 4.69) is 4.99 Å². The van der Waals surface area contributed by atoms with Gasteiger partial charge in [-0.25, -0.2) is 4.99 Å². The predicted octanol–water partition coefficient (Wildman–Crippen LogP) is 1.51. The normalized spacial score (nSPS) is 11.4. The molecule has 6 heteroatoms. The Bertz CT molecular complexity index is 436. The van der Waals surface area contributed by atoms with E-state index in [1.807, 2.05) is 18.4 Å². The lowest BCUT2D eigenvalue weighted by molar-refractivity contribution is 0.386. The molecule has 0 heterocycles. The second-order valence-corrected chi connectivity index (χ2v) is 4.41. The monoisotopic (exact) mass is 269 g/mol. The minimum atomic E-state index is 0.318. The van der Waals surface area contributed by atoms with E-state index in [9.17, 15) is 0 Å². The number of amidine groups is 1. The van der Waals surface area contributed by atoms with Crippen molar-refractivity contribution in [1.29, 1.82) is 0 Å². The molecule has 0 aliphatic rings. The highest BCUT2D eigenvalue weighted by Crippen LogP contribution is 2.37. The zero-order valence-electron chi connectivity index (χ0n) is 10.9. The van der Waals surface area contributed by atoms with Gasteiger partial charge in [-0.05, 0) is 18.4 Å². The van der Waals surface area contributed by atoms with Gasteiger partial charge in [0, 0.05) is 6.54 Å². The predicted molar refractivity (Wildman–Crippen MR) is 77.1 cm³/mol. The molecule has 1 aromatic carbocycles. The summed E-state index contributed by atoms with van der Waals surface area (Å²) in [5, 5.41) is 0. The van der Waals surface area contributed by atoms with Gasteiger partial charge >= 0.3 is 0 Å². The fraction of sp³-hybridized carbons (Fsp3) is 0.417. The zero-order chi connectivity index (χ0) is 13.5. The van der Waals surface area contributed by atoms with E-state index in [4.69, 9.17) is 20.9 Å². The van der Waals surface area contributed by atoms with Crippen LogP contribution in [-0.4, -0.2) is 32.1 Å². The van der Waals surface area contributed by atoms with Crippen LogP contribution in [0.15, 0.2) is 17.1 Å². The first kappa shape index (κ1) is 14.7. The second-order valence-electron chi connectivity index (χ2n) is 3.54. The van der Waals surface area contributed by atoms with Gasteiger partial charge in [-0.3, -0.25) is 0 Å². The number of methoxy groups -OCH3 is 2. The number of nitrogens with zero attached hydrogens (tertiary/aromatic N) is 1. The van der Waals surface area contributed by atoms with E-state index in [0.717, 1.165) is 5.56 Å². The lowest BCUT2D eigenvalue weighted by Crippen LogP contribution is -2.14. The maximum atomic E-state index is 5.81. The van der Waals surface area contributed by atoms with E-state index in [-0.39, 0.29) is 0 Å². The van der Waals surface area contributed by atoms with Crippen LogP contribution in [0.25, 0.3) is 0 Å². The molecule has 0 aliphatic carbocycles. The first-order valence-electron chi connectivity index (χ1n) is 5.43. The van der Waals surface area contributed by atoms with Gasteiger partial charge in [0.15, 0.2) is 5.75 Å². The van der Waals surface area contributed by atoms with Crippen molar-refractivity contribution in [2.75, 3.05) is 26.2 Å². The van der Waals surface area contributed by atoms with Crippen molar-refractivity contribution in [3.05, 3.63) is 17.7 Å². The van der Waals surface area contributed by atoms with Crippen LogP contribution in [0.4, 0.5) is 5.69 Å². The van der Waals surface area contributed by atoms with E-state index in [1.165, 1.54) is 0 Å². The third-order valence-electron chi connectivity index (χ3n) is 2.38. The molecule has 100 valence electrons. The molecule has 0 fully saturated rings. The smallest absolute Gasteiger partial charge is 0.152 e. The Morgan fingerprint density at radius 1 is 1.33 bits per heavy atom. The molecule has 5 nitrogen and oxygen atoms in total. The van der Waals surface area contributed by atoms with Crippen LogP contribution in [-0.2, 0) is 6.54 Å². The number of ether oxygens (including phenoxy) is 2. The molecule has 0 spiro atoms. The largest absolute Gasteiger partial charge is 0.496 e. The average molecular weight is 269 g/mol. The minimum Gasteiger partial charge on any atom is -0.496 e. The van der Waals surface area contributed by atoms with Gasteiger partial charge in [0.25, 0.3) is 0 Å². The summed E-state index contributed by atoms with van der Waals surface area (Å²) in [6.07, 6.45) is 1.97. The Labute approximate surface area is 112 Å². The number of hydrogen-bond donors (Lipinski definition) is 2. The zero-order valence-corrected chi connectivity index (χ0v) is 11.7. The average Bonchev–Trinajstić information content (AvgIpc) is 2.38.